The van der Waals surface area contributed by atoms with Crippen LogP contribution in [0.25, 0.3) is 0 Å². The fourth-order valence-electron chi connectivity index (χ4n) is 1.69. The quantitative estimate of drug-likeness (QED) is 0.695. The van der Waals surface area contributed by atoms with Gasteiger partial charge in [0.1, 0.15) is 11.8 Å². The van der Waals surface area contributed by atoms with Gasteiger partial charge in [0.25, 0.3) is 0 Å². The molecule has 1 saturated heterocycles. The predicted molar refractivity (Wildman–Crippen MR) is 56.7 cm³/mol. The summed E-state index contributed by atoms with van der Waals surface area (Å²) in [5.41, 5.74) is -0.677. The topological polar surface area (TPSA) is 46.6 Å². The highest BCUT2D eigenvalue weighted by Gasteiger charge is 2.41. The van der Waals surface area contributed by atoms with E-state index < -0.39 is 23.9 Å². The SMILES string of the molecule is C[C@@H](F)C1CCC(=O)N1C(=O)OC(C)(C)C. The van der Waals surface area contributed by atoms with E-state index in [1.807, 2.05) is 0 Å². The summed E-state index contributed by atoms with van der Waals surface area (Å²) in [5.74, 6) is -0.358. The number of amides is 2. The molecule has 4 nitrogen and oxygen atoms in total. The van der Waals surface area contributed by atoms with Crippen molar-refractivity contribution in [1.82, 2.24) is 4.90 Å². The maximum atomic E-state index is 13.2. The summed E-state index contributed by atoms with van der Waals surface area (Å²) in [6.07, 6.45) is -1.39. The van der Waals surface area contributed by atoms with Crippen LogP contribution in [0.3, 0.4) is 0 Å². The average molecular weight is 231 g/mol. The molecule has 92 valence electrons. The minimum atomic E-state index is -1.22. The molecule has 0 aromatic rings. The van der Waals surface area contributed by atoms with Crippen molar-refractivity contribution in [2.24, 2.45) is 0 Å². The standard InChI is InChI=1S/C11H18FNO3/c1-7(12)8-5-6-9(14)13(8)10(15)16-11(2,3)4/h7-8H,5-6H2,1-4H3/t7-,8?/m1/s1. The van der Waals surface area contributed by atoms with Crippen LogP contribution in [0.2, 0.25) is 0 Å². The molecule has 2 atom stereocenters. The zero-order chi connectivity index (χ0) is 12.5. The van der Waals surface area contributed by atoms with Crippen molar-refractivity contribution in [3.05, 3.63) is 0 Å². The minimum absolute atomic E-state index is 0.207. The molecule has 0 bridgehead atoms. The number of carbonyl (C=O) groups is 2. The molecule has 0 aromatic carbocycles. The van der Waals surface area contributed by atoms with Crippen molar-refractivity contribution >= 4 is 12.0 Å². The third kappa shape index (κ3) is 2.93. The van der Waals surface area contributed by atoms with Crippen molar-refractivity contribution in [2.45, 2.75) is 58.4 Å². The van der Waals surface area contributed by atoms with Gasteiger partial charge in [-0.15, -0.1) is 0 Å². The summed E-state index contributed by atoms with van der Waals surface area (Å²) >= 11 is 0. The molecule has 1 unspecified atom stereocenters. The second-order valence-corrected chi connectivity index (χ2v) is 5.03. The normalized spacial score (nSPS) is 23.4. The van der Waals surface area contributed by atoms with Gasteiger partial charge < -0.3 is 4.74 Å². The summed E-state index contributed by atoms with van der Waals surface area (Å²) < 4.78 is 18.3. The molecular formula is C11H18FNO3. The number of halogens is 1. The van der Waals surface area contributed by atoms with E-state index in [-0.39, 0.29) is 12.3 Å². The Balaban J connectivity index is 2.76. The first-order chi connectivity index (χ1) is 7.22. The Morgan fingerprint density at radius 3 is 2.56 bits per heavy atom. The molecule has 5 heteroatoms. The molecule has 0 aliphatic carbocycles. The molecule has 0 spiro atoms. The summed E-state index contributed by atoms with van der Waals surface area (Å²) in [6.45, 7) is 6.47. The maximum absolute atomic E-state index is 13.2. The van der Waals surface area contributed by atoms with Crippen molar-refractivity contribution in [1.29, 1.82) is 0 Å². The van der Waals surface area contributed by atoms with E-state index in [1.54, 1.807) is 20.8 Å². The highest BCUT2D eigenvalue weighted by Crippen LogP contribution is 2.25. The molecule has 0 aromatic heterocycles. The molecule has 1 aliphatic rings. The van der Waals surface area contributed by atoms with Crippen LogP contribution in [0.1, 0.15) is 40.5 Å². The van der Waals surface area contributed by atoms with Crippen LogP contribution in [0, 0.1) is 0 Å². The number of ether oxygens (including phenoxy) is 1. The molecular weight excluding hydrogens is 213 g/mol. The Labute approximate surface area is 94.7 Å². The van der Waals surface area contributed by atoms with E-state index in [2.05, 4.69) is 0 Å². The number of alkyl halides is 1. The summed E-state index contributed by atoms with van der Waals surface area (Å²) in [6, 6.07) is -0.678. The Hall–Kier alpha value is -1.13. The van der Waals surface area contributed by atoms with Crippen LogP contribution in [-0.4, -0.2) is 34.7 Å². The third-order valence-corrected chi connectivity index (χ3v) is 2.37. The number of hydrogen-bond donors (Lipinski definition) is 0. The van der Waals surface area contributed by atoms with Gasteiger partial charge >= 0.3 is 6.09 Å². The predicted octanol–water partition coefficient (Wildman–Crippen LogP) is 2.27. The second kappa shape index (κ2) is 4.39. The lowest BCUT2D eigenvalue weighted by Crippen LogP contribution is -2.45. The second-order valence-electron chi connectivity index (χ2n) is 5.03. The van der Waals surface area contributed by atoms with Gasteiger partial charge in [-0.3, -0.25) is 4.79 Å². The Morgan fingerprint density at radius 2 is 2.12 bits per heavy atom. The Morgan fingerprint density at radius 1 is 1.56 bits per heavy atom. The summed E-state index contributed by atoms with van der Waals surface area (Å²) in [5, 5.41) is 0. The first-order valence-electron chi connectivity index (χ1n) is 5.41. The Kier molecular flexibility index (Phi) is 3.55. The smallest absolute Gasteiger partial charge is 0.417 e. The van der Waals surface area contributed by atoms with E-state index in [0.717, 1.165) is 4.90 Å². The first kappa shape index (κ1) is 12.9. The molecule has 0 saturated carbocycles. The highest BCUT2D eigenvalue weighted by atomic mass is 19.1. The number of nitrogens with zero attached hydrogens (tertiary/aromatic N) is 1. The van der Waals surface area contributed by atoms with Crippen LogP contribution in [-0.2, 0) is 9.53 Å². The van der Waals surface area contributed by atoms with Gasteiger partial charge in [-0.05, 0) is 34.1 Å². The van der Waals surface area contributed by atoms with Crippen LogP contribution in [0.15, 0.2) is 0 Å². The lowest BCUT2D eigenvalue weighted by molar-refractivity contribution is -0.128. The van der Waals surface area contributed by atoms with Crippen LogP contribution in [0.4, 0.5) is 9.18 Å². The largest absolute Gasteiger partial charge is 0.443 e. The van der Waals surface area contributed by atoms with Gasteiger partial charge in [-0.25, -0.2) is 14.1 Å². The van der Waals surface area contributed by atoms with Gasteiger partial charge in [0, 0.05) is 6.42 Å². The van der Waals surface area contributed by atoms with Crippen molar-refractivity contribution in [2.75, 3.05) is 0 Å². The van der Waals surface area contributed by atoms with Gasteiger partial charge in [0.2, 0.25) is 5.91 Å². The molecule has 1 rings (SSSR count). The maximum Gasteiger partial charge on any atom is 0.417 e. The van der Waals surface area contributed by atoms with Gasteiger partial charge in [-0.1, -0.05) is 0 Å². The molecule has 1 aliphatic heterocycles. The zero-order valence-electron chi connectivity index (χ0n) is 10.1. The van der Waals surface area contributed by atoms with Crippen molar-refractivity contribution in [3.63, 3.8) is 0 Å². The minimum Gasteiger partial charge on any atom is -0.443 e. The van der Waals surface area contributed by atoms with Crippen molar-refractivity contribution < 1.29 is 18.7 Å². The van der Waals surface area contributed by atoms with Crippen LogP contribution < -0.4 is 0 Å². The van der Waals surface area contributed by atoms with Crippen LogP contribution in [0.5, 0.6) is 0 Å². The van der Waals surface area contributed by atoms with E-state index in [0.29, 0.717) is 6.42 Å². The molecule has 1 heterocycles. The summed E-state index contributed by atoms with van der Waals surface area (Å²) in [4.78, 5) is 24.1. The van der Waals surface area contributed by atoms with Gasteiger partial charge in [0.05, 0.1) is 6.04 Å². The van der Waals surface area contributed by atoms with Crippen LogP contribution >= 0.6 is 0 Å². The van der Waals surface area contributed by atoms with E-state index in [4.69, 9.17) is 4.74 Å². The summed E-state index contributed by atoms with van der Waals surface area (Å²) in [7, 11) is 0. The number of imide groups is 1. The monoisotopic (exact) mass is 231 g/mol. The number of carbonyl (C=O) groups excluding carboxylic acids is 2. The van der Waals surface area contributed by atoms with Gasteiger partial charge in [0.15, 0.2) is 0 Å². The fourth-order valence-corrected chi connectivity index (χ4v) is 1.69. The first-order valence-corrected chi connectivity index (χ1v) is 5.41. The lowest BCUT2D eigenvalue weighted by atomic mass is 10.1. The molecule has 16 heavy (non-hydrogen) atoms. The lowest BCUT2D eigenvalue weighted by Gasteiger charge is -2.27. The van der Waals surface area contributed by atoms with E-state index >= 15 is 0 Å². The molecule has 2 amide bonds. The van der Waals surface area contributed by atoms with E-state index in [9.17, 15) is 14.0 Å². The van der Waals surface area contributed by atoms with Crippen molar-refractivity contribution in [3.8, 4) is 0 Å². The molecule has 1 fully saturated rings. The molecule has 0 radical (unpaired) electrons. The average Bonchev–Trinajstić information content (AvgIpc) is 2.43. The number of hydrogen-bond acceptors (Lipinski definition) is 3. The van der Waals surface area contributed by atoms with Gasteiger partial charge in [-0.2, -0.15) is 0 Å². The number of likely N-dealkylation sites (tertiary alicyclic amines) is 1. The fraction of sp³-hybridized carbons (Fsp3) is 0.818. The zero-order valence-corrected chi connectivity index (χ0v) is 10.1. The highest BCUT2D eigenvalue weighted by molar-refractivity contribution is 5.94. The van der Waals surface area contributed by atoms with E-state index in [1.165, 1.54) is 6.92 Å². The third-order valence-electron chi connectivity index (χ3n) is 2.37. The molecule has 0 N–H and O–H groups in total. The number of rotatable bonds is 1. The Bertz CT molecular complexity index is 296.